The fraction of sp³-hybridized carbons (Fsp3) is 0.472. The Balaban J connectivity index is 0.00000372. The minimum atomic E-state index is -0.324. The van der Waals surface area contributed by atoms with Gasteiger partial charge in [-0.15, -0.1) is 12.4 Å². The highest BCUT2D eigenvalue weighted by Gasteiger charge is 2.31. The summed E-state index contributed by atoms with van der Waals surface area (Å²) in [7, 11) is 0. The molecule has 4 aromatic rings. The molecule has 0 amide bonds. The number of aryl methyl sites for hydroxylation is 2. The van der Waals surface area contributed by atoms with Gasteiger partial charge in [-0.05, 0) is 100 Å². The van der Waals surface area contributed by atoms with Crippen LogP contribution in [-0.2, 0) is 13.1 Å². The Kier molecular flexibility index (Phi) is 9.64. The number of nitrogens with zero attached hydrogens (tertiary/aromatic N) is 6. The zero-order valence-corrected chi connectivity index (χ0v) is 27.7. The molecule has 3 aromatic heterocycles. The number of hydrogen-bond acceptors (Lipinski definition) is 7. The molecule has 0 unspecified atom stereocenters. The lowest BCUT2D eigenvalue weighted by Gasteiger charge is -2.40. The number of hydrogen-bond donors (Lipinski definition) is 1. The fourth-order valence-corrected chi connectivity index (χ4v) is 7.27. The Morgan fingerprint density at radius 2 is 1.80 bits per heavy atom. The Labute approximate surface area is 276 Å². The number of benzene rings is 1. The van der Waals surface area contributed by atoms with Crippen LogP contribution in [0.4, 0.5) is 15.8 Å². The summed E-state index contributed by atoms with van der Waals surface area (Å²) in [5.74, 6) is 0.0526. The molecule has 46 heavy (non-hydrogen) atoms. The highest BCUT2D eigenvalue weighted by atomic mass is 35.5. The number of aromatic nitrogens is 3. The standard InChI is InChI=1S/C36H44FN7O.ClH/c1-24-5-6-30(18-40-24)41-12-3-4-31(23-41)43(19-26-9-11-39-25(2)14-26)21-28-22-44(29-7-8-29)34-16-35(33(37)15-32(34)36(28)45)42-13-10-27(17-38)20-42;/h5-6,9,11,14-16,18,22,27,29,31H,3-4,7-8,10,12-13,17,19-21,23,38H2,1-2H3;1H/t27-,31+;/m1./s1. The molecule has 0 radical (unpaired) electrons. The van der Waals surface area contributed by atoms with Gasteiger partial charge in [0, 0.05) is 86.1 Å². The average molecular weight is 646 g/mol. The maximum atomic E-state index is 15.7. The van der Waals surface area contributed by atoms with Crippen molar-refractivity contribution in [2.75, 3.05) is 42.5 Å². The van der Waals surface area contributed by atoms with Crippen molar-refractivity contribution in [3.63, 3.8) is 0 Å². The van der Waals surface area contributed by atoms with E-state index in [1.807, 2.05) is 32.3 Å². The molecule has 8 nitrogen and oxygen atoms in total. The summed E-state index contributed by atoms with van der Waals surface area (Å²) in [6, 6.07) is 12.4. The fourth-order valence-electron chi connectivity index (χ4n) is 7.27. The van der Waals surface area contributed by atoms with E-state index in [1.54, 1.807) is 0 Å². The van der Waals surface area contributed by atoms with Crippen LogP contribution in [0.15, 0.2) is 59.8 Å². The summed E-state index contributed by atoms with van der Waals surface area (Å²) in [4.78, 5) is 30.1. The minimum absolute atomic E-state index is 0. The molecule has 5 heterocycles. The molecule has 1 aromatic carbocycles. The zero-order valence-electron chi connectivity index (χ0n) is 26.9. The number of rotatable bonds is 9. The van der Waals surface area contributed by atoms with Crippen molar-refractivity contribution in [1.82, 2.24) is 19.4 Å². The van der Waals surface area contributed by atoms with Gasteiger partial charge in [0.2, 0.25) is 0 Å². The Bertz CT molecular complexity index is 1740. The second-order valence-corrected chi connectivity index (χ2v) is 13.4. The normalized spacial score (nSPS) is 20.0. The van der Waals surface area contributed by atoms with E-state index in [2.05, 4.69) is 59.7 Å². The van der Waals surface area contributed by atoms with Crippen LogP contribution < -0.4 is 21.0 Å². The molecule has 1 saturated carbocycles. The third-order valence-corrected chi connectivity index (χ3v) is 9.97. The van der Waals surface area contributed by atoms with Crippen molar-refractivity contribution in [2.24, 2.45) is 11.7 Å². The molecule has 2 N–H and O–H groups in total. The van der Waals surface area contributed by atoms with Gasteiger partial charge in [-0.1, -0.05) is 0 Å². The molecule has 3 fully saturated rings. The van der Waals surface area contributed by atoms with Crippen molar-refractivity contribution in [3.05, 3.63) is 93.5 Å². The van der Waals surface area contributed by atoms with Crippen LogP contribution in [0.3, 0.4) is 0 Å². The van der Waals surface area contributed by atoms with Crippen molar-refractivity contribution >= 4 is 34.7 Å². The van der Waals surface area contributed by atoms with E-state index >= 15 is 4.39 Å². The summed E-state index contributed by atoms with van der Waals surface area (Å²) >= 11 is 0. The number of nitrogens with two attached hydrogens (primary N) is 1. The van der Waals surface area contributed by atoms with Crippen LogP contribution in [0.2, 0.25) is 0 Å². The summed E-state index contributed by atoms with van der Waals surface area (Å²) in [6.07, 6.45) is 11.1. The molecule has 1 aliphatic carbocycles. The predicted molar refractivity (Wildman–Crippen MR) is 185 cm³/mol. The number of piperidine rings is 1. The van der Waals surface area contributed by atoms with E-state index in [1.165, 1.54) is 11.6 Å². The first-order valence-corrected chi connectivity index (χ1v) is 16.5. The van der Waals surface area contributed by atoms with Gasteiger partial charge in [-0.3, -0.25) is 19.7 Å². The number of fused-ring (bicyclic) bond motifs is 1. The smallest absolute Gasteiger partial charge is 0.193 e. The third-order valence-electron chi connectivity index (χ3n) is 9.97. The van der Waals surface area contributed by atoms with Crippen LogP contribution >= 0.6 is 12.4 Å². The Morgan fingerprint density at radius 3 is 2.52 bits per heavy atom. The molecule has 244 valence electrons. The van der Waals surface area contributed by atoms with E-state index < -0.39 is 0 Å². The number of halogens is 2. The maximum absolute atomic E-state index is 15.7. The molecule has 3 aliphatic rings. The zero-order chi connectivity index (χ0) is 31.1. The molecule has 10 heteroatoms. The largest absolute Gasteiger partial charge is 0.369 e. The SMILES string of the molecule is Cc1ccc(N2CCC[C@H](N(Cc3ccnc(C)c3)Cc3cn(C4CC4)c4cc(N5CC[C@H](CN)C5)c(F)cc4c3=O)C2)cn1.Cl. The molecule has 0 bridgehead atoms. The highest BCUT2D eigenvalue weighted by Crippen LogP contribution is 2.39. The topological polar surface area (TPSA) is 83.5 Å². The molecular formula is C36H45ClFN7O. The lowest BCUT2D eigenvalue weighted by molar-refractivity contribution is 0.158. The van der Waals surface area contributed by atoms with Gasteiger partial charge in [0.25, 0.3) is 0 Å². The van der Waals surface area contributed by atoms with Crippen molar-refractivity contribution in [2.45, 2.75) is 71.1 Å². The van der Waals surface area contributed by atoms with Gasteiger partial charge in [-0.2, -0.15) is 0 Å². The monoisotopic (exact) mass is 645 g/mol. The van der Waals surface area contributed by atoms with Crippen molar-refractivity contribution in [1.29, 1.82) is 0 Å². The third kappa shape index (κ3) is 6.77. The predicted octanol–water partition coefficient (Wildman–Crippen LogP) is 5.76. The average Bonchev–Trinajstić information content (AvgIpc) is 3.78. The lowest BCUT2D eigenvalue weighted by atomic mass is 10.0. The first-order chi connectivity index (χ1) is 21.9. The van der Waals surface area contributed by atoms with Gasteiger partial charge in [0.05, 0.1) is 23.1 Å². The molecule has 2 saturated heterocycles. The molecule has 0 spiro atoms. The van der Waals surface area contributed by atoms with Gasteiger partial charge < -0.3 is 20.1 Å². The van der Waals surface area contributed by atoms with E-state index in [9.17, 15) is 4.79 Å². The van der Waals surface area contributed by atoms with Crippen LogP contribution in [-0.4, -0.2) is 58.2 Å². The molecule has 2 aliphatic heterocycles. The number of pyridine rings is 3. The highest BCUT2D eigenvalue weighted by molar-refractivity contribution is 5.85. The first kappa shape index (κ1) is 32.4. The van der Waals surface area contributed by atoms with Crippen molar-refractivity contribution < 1.29 is 4.39 Å². The van der Waals surface area contributed by atoms with Crippen LogP contribution in [0.25, 0.3) is 10.9 Å². The lowest BCUT2D eigenvalue weighted by Crippen LogP contribution is -2.48. The van der Waals surface area contributed by atoms with Gasteiger partial charge in [-0.25, -0.2) is 4.39 Å². The molecule has 2 atom stereocenters. The van der Waals surface area contributed by atoms with Gasteiger partial charge in [0.1, 0.15) is 5.82 Å². The van der Waals surface area contributed by atoms with Crippen LogP contribution in [0.1, 0.15) is 60.7 Å². The van der Waals surface area contributed by atoms with Crippen molar-refractivity contribution in [3.8, 4) is 0 Å². The van der Waals surface area contributed by atoms with E-state index in [-0.39, 0.29) is 29.7 Å². The van der Waals surface area contributed by atoms with E-state index in [4.69, 9.17) is 5.73 Å². The molecular weight excluding hydrogens is 601 g/mol. The Morgan fingerprint density at radius 1 is 0.957 bits per heavy atom. The van der Waals surface area contributed by atoms with Crippen LogP contribution in [0, 0.1) is 25.6 Å². The first-order valence-electron chi connectivity index (χ1n) is 16.5. The second-order valence-electron chi connectivity index (χ2n) is 13.4. The van der Waals surface area contributed by atoms with Gasteiger partial charge in [0.15, 0.2) is 5.43 Å². The van der Waals surface area contributed by atoms with Gasteiger partial charge >= 0.3 is 0 Å². The van der Waals surface area contributed by atoms with Crippen LogP contribution in [0.5, 0.6) is 0 Å². The summed E-state index contributed by atoms with van der Waals surface area (Å²) in [5.41, 5.74) is 12.3. The Hall–Kier alpha value is -3.53. The summed E-state index contributed by atoms with van der Waals surface area (Å²) < 4.78 is 18.0. The summed E-state index contributed by atoms with van der Waals surface area (Å²) in [6.45, 7) is 9.23. The molecule has 7 rings (SSSR count). The van der Waals surface area contributed by atoms with E-state index in [0.29, 0.717) is 42.7 Å². The van der Waals surface area contributed by atoms with E-state index in [0.717, 1.165) is 86.4 Å². The maximum Gasteiger partial charge on any atom is 0.193 e. The quantitative estimate of drug-likeness (QED) is 0.248. The summed E-state index contributed by atoms with van der Waals surface area (Å²) in [5, 5.41) is 0.478. The minimum Gasteiger partial charge on any atom is -0.369 e. The number of anilines is 2. The second kappa shape index (κ2) is 13.7.